The molecule has 1 aromatic heterocycles. The second-order valence-electron chi connectivity index (χ2n) is 5.65. The zero-order valence-electron chi connectivity index (χ0n) is 13.5. The van der Waals surface area contributed by atoms with Crippen LogP contribution in [0.4, 0.5) is 0 Å². The van der Waals surface area contributed by atoms with Crippen LogP contribution in [0.2, 0.25) is 0 Å². The number of hydrogen-bond donors (Lipinski definition) is 1. The minimum Gasteiger partial charge on any atom is -0.495 e. The highest BCUT2D eigenvalue weighted by atomic mass is 32.2. The quantitative estimate of drug-likeness (QED) is 0.880. The highest BCUT2D eigenvalue weighted by Gasteiger charge is 2.31. The molecule has 2 heterocycles. The minimum atomic E-state index is -3.74. The molecule has 1 N–H and O–H groups in total. The molecule has 1 aromatic carbocycles. The number of aryl methyl sites for hydroxylation is 1. The van der Waals surface area contributed by atoms with Gasteiger partial charge in [0.1, 0.15) is 10.6 Å². The molecule has 130 valence electrons. The standard InChI is InChI=1S/C15H19N3O5S/c1-10-16-15(23-17-10)11-3-4-13(22-2)14(9-11)24(20,21)18-7-5-12(19)6-8-18/h3-4,9,12,19H,5-8H2,1-2H3. The number of aliphatic hydroxyl groups is 1. The Bertz CT molecular complexity index is 825. The van der Waals surface area contributed by atoms with Crippen LogP contribution in [-0.4, -0.2) is 54.3 Å². The maximum absolute atomic E-state index is 13.0. The van der Waals surface area contributed by atoms with Crippen LogP contribution in [0.15, 0.2) is 27.6 Å². The number of aromatic nitrogens is 2. The van der Waals surface area contributed by atoms with E-state index in [2.05, 4.69) is 10.1 Å². The summed E-state index contributed by atoms with van der Waals surface area (Å²) in [5.41, 5.74) is 0.506. The van der Waals surface area contributed by atoms with Gasteiger partial charge < -0.3 is 14.4 Å². The highest BCUT2D eigenvalue weighted by molar-refractivity contribution is 7.89. The Hall–Kier alpha value is -1.97. The summed E-state index contributed by atoms with van der Waals surface area (Å²) in [6, 6.07) is 4.72. The third kappa shape index (κ3) is 3.14. The van der Waals surface area contributed by atoms with E-state index in [4.69, 9.17) is 9.26 Å². The average molecular weight is 353 g/mol. The zero-order chi connectivity index (χ0) is 17.3. The number of nitrogens with zero attached hydrogens (tertiary/aromatic N) is 3. The van der Waals surface area contributed by atoms with Crippen LogP contribution in [0.25, 0.3) is 11.5 Å². The number of sulfonamides is 1. The molecule has 2 aromatic rings. The molecule has 0 atom stereocenters. The summed E-state index contributed by atoms with van der Waals surface area (Å²) in [5, 5.41) is 13.3. The predicted molar refractivity (Wildman–Crippen MR) is 85.0 cm³/mol. The highest BCUT2D eigenvalue weighted by Crippen LogP contribution is 2.32. The van der Waals surface area contributed by atoms with Gasteiger partial charge in [0, 0.05) is 18.7 Å². The molecule has 0 bridgehead atoms. The molecule has 0 spiro atoms. The summed E-state index contributed by atoms with van der Waals surface area (Å²) in [4.78, 5) is 4.17. The third-order valence-electron chi connectivity index (χ3n) is 3.98. The summed E-state index contributed by atoms with van der Waals surface area (Å²) in [6.07, 6.45) is 0.389. The van der Waals surface area contributed by atoms with Gasteiger partial charge in [-0.25, -0.2) is 8.42 Å². The van der Waals surface area contributed by atoms with Gasteiger partial charge in [0.15, 0.2) is 5.82 Å². The average Bonchev–Trinajstić information content (AvgIpc) is 3.01. The molecular weight excluding hydrogens is 334 g/mol. The van der Waals surface area contributed by atoms with Crippen molar-refractivity contribution in [3.63, 3.8) is 0 Å². The van der Waals surface area contributed by atoms with Crippen molar-refractivity contribution in [1.82, 2.24) is 14.4 Å². The van der Waals surface area contributed by atoms with E-state index in [1.54, 1.807) is 19.1 Å². The molecule has 8 nitrogen and oxygen atoms in total. The molecule has 1 saturated heterocycles. The van der Waals surface area contributed by atoms with Crippen molar-refractivity contribution in [3.05, 3.63) is 24.0 Å². The van der Waals surface area contributed by atoms with Gasteiger partial charge in [0.2, 0.25) is 10.0 Å². The van der Waals surface area contributed by atoms with E-state index in [1.807, 2.05) is 0 Å². The summed E-state index contributed by atoms with van der Waals surface area (Å²) < 4.78 is 37.6. The van der Waals surface area contributed by atoms with Crippen molar-refractivity contribution < 1.29 is 22.8 Å². The number of benzene rings is 1. The Morgan fingerprint density at radius 2 is 2.04 bits per heavy atom. The largest absolute Gasteiger partial charge is 0.495 e. The first-order chi connectivity index (χ1) is 11.4. The second-order valence-corrected chi connectivity index (χ2v) is 7.55. The first-order valence-corrected chi connectivity index (χ1v) is 9.03. The molecule has 0 amide bonds. The van der Waals surface area contributed by atoms with E-state index < -0.39 is 16.1 Å². The van der Waals surface area contributed by atoms with Gasteiger partial charge in [0.05, 0.1) is 13.2 Å². The van der Waals surface area contributed by atoms with Gasteiger partial charge in [0.25, 0.3) is 5.89 Å². The molecule has 1 aliphatic rings. The lowest BCUT2D eigenvalue weighted by Crippen LogP contribution is -2.40. The van der Waals surface area contributed by atoms with Crippen molar-refractivity contribution in [2.75, 3.05) is 20.2 Å². The number of methoxy groups -OCH3 is 1. The van der Waals surface area contributed by atoms with Gasteiger partial charge in [-0.15, -0.1) is 0 Å². The third-order valence-corrected chi connectivity index (χ3v) is 5.90. The first kappa shape index (κ1) is 16.9. The van der Waals surface area contributed by atoms with Gasteiger partial charge in [-0.1, -0.05) is 5.16 Å². The topological polar surface area (TPSA) is 106 Å². The first-order valence-electron chi connectivity index (χ1n) is 7.59. The monoisotopic (exact) mass is 353 g/mol. The minimum absolute atomic E-state index is 0.0507. The zero-order valence-corrected chi connectivity index (χ0v) is 14.3. The van der Waals surface area contributed by atoms with Crippen molar-refractivity contribution in [1.29, 1.82) is 0 Å². The van der Waals surface area contributed by atoms with Crippen LogP contribution in [0.5, 0.6) is 5.75 Å². The van der Waals surface area contributed by atoms with Crippen LogP contribution < -0.4 is 4.74 Å². The molecule has 1 aliphatic heterocycles. The normalized spacial score (nSPS) is 17.1. The predicted octanol–water partition coefficient (Wildman–Crippen LogP) is 1.20. The fraction of sp³-hybridized carbons (Fsp3) is 0.467. The van der Waals surface area contributed by atoms with Crippen LogP contribution in [-0.2, 0) is 10.0 Å². The maximum Gasteiger partial charge on any atom is 0.257 e. The Morgan fingerprint density at radius 3 is 2.62 bits per heavy atom. The molecule has 24 heavy (non-hydrogen) atoms. The van der Waals surface area contributed by atoms with Crippen LogP contribution >= 0.6 is 0 Å². The fourth-order valence-corrected chi connectivity index (χ4v) is 4.30. The van der Waals surface area contributed by atoms with Gasteiger partial charge in [-0.3, -0.25) is 0 Å². The Morgan fingerprint density at radius 1 is 1.33 bits per heavy atom. The fourth-order valence-electron chi connectivity index (χ4n) is 2.65. The number of hydrogen-bond acceptors (Lipinski definition) is 7. The van der Waals surface area contributed by atoms with Crippen LogP contribution in [0.3, 0.4) is 0 Å². The molecule has 0 unspecified atom stereocenters. The molecule has 0 aliphatic carbocycles. The smallest absolute Gasteiger partial charge is 0.257 e. The lowest BCUT2D eigenvalue weighted by Gasteiger charge is -2.29. The molecule has 9 heteroatoms. The molecule has 3 rings (SSSR count). The summed E-state index contributed by atoms with van der Waals surface area (Å²) >= 11 is 0. The Labute approximate surface area is 140 Å². The van der Waals surface area contributed by atoms with Crippen molar-refractivity contribution in [2.24, 2.45) is 0 Å². The molecule has 0 saturated carbocycles. The molecular formula is C15H19N3O5S. The lowest BCUT2D eigenvalue weighted by molar-refractivity contribution is 0.113. The summed E-state index contributed by atoms with van der Waals surface area (Å²) in [5.74, 6) is 0.969. The van der Waals surface area contributed by atoms with Crippen molar-refractivity contribution in [2.45, 2.75) is 30.8 Å². The van der Waals surface area contributed by atoms with Crippen molar-refractivity contribution >= 4 is 10.0 Å². The van der Waals surface area contributed by atoms with E-state index >= 15 is 0 Å². The second kappa shape index (κ2) is 6.50. The lowest BCUT2D eigenvalue weighted by atomic mass is 10.1. The van der Waals surface area contributed by atoms with E-state index in [0.29, 0.717) is 24.2 Å². The summed E-state index contributed by atoms with van der Waals surface area (Å²) in [6.45, 7) is 2.24. The number of aliphatic hydroxyl groups excluding tert-OH is 1. The van der Waals surface area contributed by atoms with Crippen molar-refractivity contribution in [3.8, 4) is 17.2 Å². The number of ether oxygens (including phenoxy) is 1. The van der Waals surface area contributed by atoms with E-state index in [0.717, 1.165) is 0 Å². The maximum atomic E-state index is 13.0. The molecule has 1 fully saturated rings. The SMILES string of the molecule is COc1ccc(-c2nc(C)no2)cc1S(=O)(=O)N1CCC(O)CC1. The van der Waals surface area contributed by atoms with Crippen LogP contribution in [0.1, 0.15) is 18.7 Å². The van der Waals surface area contributed by atoms with E-state index in [1.165, 1.54) is 17.5 Å². The summed E-state index contributed by atoms with van der Waals surface area (Å²) in [7, 11) is -2.32. The van der Waals surface area contributed by atoms with Crippen LogP contribution in [0, 0.1) is 6.92 Å². The Kier molecular flexibility index (Phi) is 4.57. The molecule has 0 radical (unpaired) electrons. The number of rotatable bonds is 4. The Balaban J connectivity index is 2.01. The van der Waals surface area contributed by atoms with E-state index in [9.17, 15) is 13.5 Å². The van der Waals surface area contributed by atoms with Gasteiger partial charge in [-0.05, 0) is 38.0 Å². The number of piperidine rings is 1. The van der Waals surface area contributed by atoms with E-state index in [-0.39, 0.29) is 29.6 Å². The van der Waals surface area contributed by atoms with Gasteiger partial charge in [-0.2, -0.15) is 9.29 Å². The van der Waals surface area contributed by atoms with Gasteiger partial charge >= 0.3 is 0 Å².